The van der Waals surface area contributed by atoms with Gasteiger partial charge in [-0.2, -0.15) is 13.2 Å². The number of halogens is 3. The highest BCUT2D eigenvalue weighted by Crippen LogP contribution is 2.42. The molecule has 0 saturated heterocycles. The third-order valence-corrected chi connectivity index (χ3v) is 7.99. The molecule has 0 fully saturated rings. The Morgan fingerprint density at radius 3 is 2.14 bits per heavy atom. The number of carbonyl (C=O) groups excluding carboxylic acids is 1. The van der Waals surface area contributed by atoms with E-state index in [1.807, 2.05) is 19.9 Å². The van der Waals surface area contributed by atoms with Gasteiger partial charge in [-0.25, -0.2) is 0 Å². The summed E-state index contributed by atoms with van der Waals surface area (Å²) in [5, 5.41) is 0. The number of rotatable bonds is 13. The van der Waals surface area contributed by atoms with Crippen LogP contribution in [-0.2, 0) is 11.2 Å². The van der Waals surface area contributed by atoms with Gasteiger partial charge in [0.25, 0.3) is 0 Å². The van der Waals surface area contributed by atoms with Crippen molar-refractivity contribution in [3.05, 3.63) is 22.8 Å². The number of carbonyl (C=O) groups is 1. The molecule has 0 N–H and O–H groups in total. The average Bonchev–Trinajstić information content (AvgIpc) is 2.75. The number of alkyl halides is 3. The van der Waals surface area contributed by atoms with Gasteiger partial charge in [-0.3, -0.25) is 4.79 Å². The molecule has 1 aliphatic rings. The lowest BCUT2D eigenvalue weighted by Crippen LogP contribution is -2.36. The summed E-state index contributed by atoms with van der Waals surface area (Å²) in [7, 11) is 0. The van der Waals surface area contributed by atoms with E-state index in [0.29, 0.717) is 24.0 Å². The third-order valence-electron chi connectivity index (χ3n) is 7.99. The zero-order chi connectivity index (χ0) is 27.1. The largest absolute Gasteiger partial charge is 0.487 e. The normalized spacial score (nSPS) is 20.3. The van der Waals surface area contributed by atoms with Gasteiger partial charge in [0, 0.05) is 12.5 Å². The topological polar surface area (TPSA) is 35.5 Å². The number of ether oxygens (including phenoxy) is 2. The Kier molecular flexibility index (Phi) is 11.2. The molecule has 6 heteroatoms. The van der Waals surface area contributed by atoms with Gasteiger partial charge in [0.15, 0.2) is 0 Å². The van der Waals surface area contributed by atoms with Crippen LogP contribution >= 0.6 is 0 Å². The van der Waals surface area contributed by atoms with Crippen LogP contribution in [0.2, 0.25) is 0 Å². The fourth-order valence-corrected chi connectivity index (χ4v) is 5.42. The average molecular weight is 513 g/mol. The van der Waals surface area contributed by atoms with Crippen LogP contribution in [0.4, 0.5) is 13.2 Å². The van der Waals surface area contributed by atoms with Crippen LogP contribution in [0.5, 0.6) is 11.5 Å². The molecule has 0 saturated carbocycles. The molecular formula is C30H47F3O3. The van der Waals surface area contributed by atoms with Crippen LogP contribution in [0.25, 0.3) is 0 Å². The van der Waals surface area contributed by atoms with Crippen molar-refractivity contribution in [3.63, 3.8) is 0 Å². The maximum Gasteiger partial charge on any atom is 0.391 e. The fraction of sp³-hybridized carbons (Fsp3) is 0.767. The summed E-state index contributed by atoms with van der Waals surface area (Å²) in [6.45, 7) is 13.3. The van der Waals surface area contributed by atoms with Crippen molar-refractivity contribution in [1.82, 2.24) is 0 Å². The molecule has 2 rings (SSSR count). The molecule has 206 valence electrons. The van der Waals surface area contributed by atoms with Crippen molar-refractivity contribution in [3.8, 4) is 11.5 Å². The maximum atomic E-state index is 12.6. The second-order valence-corrected chi connectivity index (χ2v) is 11.7. The SMILES string of the molecule is CC(=O)Oc1c(C)cc2c(c1C)CCC(C)(CCCC(C)CCCC(C)CCCC(C)C(F)(F)F)O2. The molecule has 0 amide bonds. The lowest BCUT2D eigenvalue weighted by molar-refractivity contribution is -0.171. The van der Waals surface area contributed by atoms with Gasteiger partial charge in [0.1, 0.15) is 17.1 Å². The van der Waals surface area contributed by atoms with Crippen LogP contribution in [-0.4, -0.2) is 17.7 Å². The molecule has 0 spiro atoms. The predicted octanol–water partition coefficient (Wildman–Crippen LogP) is 9.29. The Hall–Kier alpha value is -1.72. The van der Waals surface area contributed by atoms with Crippen LogP contribution < -0.4 is 9.47 Å². The Labute approximate surface area is 216 Å². The van der Waals surface area contributed by atoms with Gasteiger partial charge in [0.05, 0.1) is 5.92 Å². The molecular weight excluding hydrogens is 465 g/mol. The molecule has 4 atom stereocenters. The molecule has 0 radical (unpaired) electrons. The minimum Gasteiger partial charge on any atom is -0.487 e. The molecule has 1 aromatic rings. The highest BCUT2D eigenvalue weighted by Gasteiger charge is 2.35. The first kappa shape index (κ1) is 30.5. The summed E-state index contributed by atoms with van der Waals surface area (Å²) in [6.07, 6.45) is 6.26. The number of esters is 1. The van der Waals surface area contributed by atoms with E-state index in [4.69, 9.17) is 9.47 Å². The van der Waals surface area contributed by atoms with Crippen LogP contribution in [0.3, 0.4) is 0 Å². The highest BCUT2D eigenvalue weighted by atomic mass is 19.4. The number of fused-ring (bicyclic) bond motifs is 1. The van der Waals surface area contributed by atoms with Gasteiger partial charge in [0.2, 0.25) is 0 Å². The van der Waals surface area contributed by atoms with Crippen LogP contribution in [0.1, 0.15) is 116 Å². The molecule has 0 aromatic heterocycles. The number of benzene rings is 1. The van der Waals surface area contributed by atoms with E-state index >= 15 is 0 Å². The van der Waals surface area contributed by atoms with E-state index < -0.39 is 12.1 Å². The Bertz CT molecular complexity index is 864. The molecule has 1 heterocycles. The molecule has 36 heavy (non-hydrogen) atoms. The number of hydrogen-bond acceptors (Lipinski definition) is 3. The van der Waals surface area contributed by atoms with E-state index in [-0.39, 0.29) is 18.0 Å². The van der Waals surface area contributed by atoms with Crippen molar-refractivity contribution in [2.75, 3.05) is 0 Å². The van der Waals surface area contributed by atoms with E-state index in [1.165, 1.54) is 20.3 Å². The zero-order valence-corrected chi connectivity index (χ0v) is 23.4. The summed E-state index contributed by atoms with van der Waals surface area (Å²) in [4.78, 5) is 11.5. The van der Waals surface area contributed by atoms with E-state index in [0.717, 1.165) is 73.8 Å². The summed E-state index contributed by atoms with van der Waals surface area (Å²) in [5.74, 6) is 1.20. The van der Waals surface area contributed by atoms with Gasteiger partial charge >= 0.3 is 12.1 Å². The monoisotopic (exact) mass is 512 g/mol. The quantitative estimate of drug-likeness (QED) is 0.195. The van der Waals surface area contributed by atoms with Crippen molar-refractivity contribution < 1.29 is 27.4 Å². The first-order chi connectivity index (χ1) is 16.7. The first-order valence-electron chi connectivity index (χ1n) is 13.8. The summed E-state index contributed by atoms with van der Waals surface area (Å²) in [5.41, 5.74) is 2.88. The molecule has 0 aliphatic carbocycles. The summed E-state index contributed by atoms with van der Waals surface area (Å²) in [6, 6.07) is 2.01. The van der Waals surface area contributed by atoms with Crippen LogP contribution in [0.15, 0.2) is 6.07 Å². The molecule has 0 bridgehead atoms. The van der Waals surface area contributed by atoms with Gasteiger partial charge in [-0.05, 0) is 81.9 Å². The fourth-order valence-electron chi connectivity index (χ4n) is 5.42. The predicted molar refractivity (Wildman–Crippen MR) is 140 cm³/mol. The second-order valence-electron chi connectivity index (χ2n) is 11.7. The van der Waals surface area contributed by atoms with Gasteiger partial charge in [-0.15, -0.1) is 0 Å². The second kappa shape index (κ2) is 13.2. The van der Waals surface area contributed by atoms with E-state index in [1.54, 1.807) is 0 Å². The van der Waals surface area contributed by atoms with Gasteiger partial charge < -0.3 is 9.47 Å². The lowest BCUT2D eigenvalue weighted by atomic mass is 9.85. The maximum absolute atomic E-state index is 12.6. The van der Waals surface area contributed by atoms with Crippen molar-refractivity contribution in [1.29, 1.82) is 0 Å². The highest BCUT2D eigenvalue weighted by molar-refractivity contribution is 5.71. The standard InChI is InChI=1S/C30H47F3O3/c1-20(13-9-15-23(4)30(31,32)33)11-8-12-21(2)14-10-17-29(7)18-16-26-24(5)28(35-25(6)34)22(3)19-27(26)36-29/h19-21,23H,8-18H2,1-7H3. The van der Waals surface area contributed by atoms with Gasteiger partial charge in [-0.1, -0.05) is 59.3 Å². The molecule has 1 aliphatic heterocycles. The number of hydrogen-bond donors (Lipinski definition) is 0. The van der Waals surface area contributed by atoms with E-state index in [9.17, 15) is 18.0 Å². The minimum absolute atomic E-state index is 0.184. The smallest absolute Gasteiger partial charge is 0.391 e. The third kappa shape index (κ3) is 9.30. The first-order valence-corrected chi connectivity index (χ1v) is 13.8. The molecule has 4 unspecified atom stereocenters. The van der Waals surface area contributed by atoms with E-state index in [2.05, 4.69) is 20.8 Å². The van der Waals surface area contributed by atoms with Crippen molar-refractivity contribution in [2.45, 2.75) is 131 Å². The molecule has 1 aromatic carbocycles. The lowest BCUT2D eigenvalue weighted by Gasteiger charge is -2.37. The Morgan fingerprint density at radius 2 is 1.58 bits per heavy atom. The van der Waals surface area contributed by atoms with Crippen molar-refractivity contribution in [2.24, 2.45) is 17.8 Å². The Balaban J connectivity index is 1.71. The zero-order valence-electron chi connectivity index (χ0n) is 23.4. The van der Waals surface area contributed by atoms with Crippen LogP contribution in [0, 0.1) is 31.6 Å². The summed E-state index contributed by atoms with van der Waals surface area (Å²) < 4.78 is 49.8. The minimum atomic E-state index is -4.06. The summed E-state index contributed by atoms with van der Waals surface area (Å²) >= 11 is 0. The molecule has 3 nitrogen and oxygen atoms in total. The van der Waals surface area contributed by atoms with Crippen molar-refractivity contribution >= 4 is 5.97 Å². The Morgan fingerprint density at radius 1 is 1.03 bits per heavy atom. The number of aryl methyl sites for hydroxylation is 1.